The first kappa shape index (κ1) is 14.5. The Hall–Kier alpha value is -0.570. The van der Waals surface area contributed by atoms with E-state index in [4.69, 9.17) is 5.73 Å². The van der Waals surface area contributed by atoms with E-state index in [1.165, 1.54) is 12.8 Å². The first-order valence-corrected chi connectivity index (χ1v) is 7.02. The van der Waals surface area contributed by atoms with Gasteiger partial charge in [-0.1, -0.05) is 13.3 Å². The van der Waals surface area contributed by atoms with Crippen molar-refractivity contribution >= 4 is 5.91 Å². The standard InChI is InChI=1S/C14H28N2O/c1-4-7-12-8-5-6-11-16(12)13(17)9-10-14(2,3)15/h12H,4-11,15H2,1-3H3. The molecule has 1 unspecified atom stereocenters. The van der Waals surface area contributed by atoms with Crippen molar-refractivity contribution < 1.29 is 4.79 Å². The van der Waals surface area contributed by atoms with Gasteiger partial charge in [0.2, 0.25) is 5.91 Å². The molecule has 1 rings (SSSR count). The van der Waals surface area contributed by atoms with Crippen LogP contribution in [0.3, 0.4) is 0 Å². The van der Waals surface area contributed by atoms with Gasteiger partial charge >= 0.3 is 0 Å². The Morgan fingerprint density at radius 1 is 1.41 bits per heavy atom. The van der Waals surface area contributed by atoms with Crippen molar-refractivity contribution in [2.45, 2.75) is 77.3 Å². The zero-order valence-corrected chi connectivity index (χ0v) is 11.7. The number of hydrogen-bond donors (Lipinski definition) is 1. The summed E-state index contributed by atoms with van der Waals surface area (Å²) in [6.07, 6.45) is 7.32. The number of carbonyl (C=O) groups excluding carboxylic acids is 1. The van der Waals surface area contributed by atoms with Crippen LogP contribution < -0.4 is 5.73 Å². The minimum absolute atomic E-state index is 0.230. The van der Waals surface area contributed by atoms with Crippen molar-refractivity contribution in [1.82, 2.24) is 4.90 Å². The van der Waals surface area contributed by atoms with E-state index in [2.05, 4.69) is 11.8 Å². The Bertz CT molecular complexity index is 243. The Morgan fingerprint density at radius 2 is 2.12 bits per heavy atom. The molecule has 3 heteroatoms. The van der Waals surface area contributed by atoms with Crippen LogP contribution in [0, 0.1) is 0 Å². The van der Waals surface area contributed by atoms with Crippen molar-refractivity contribution in [3.8, 4) is 0 Å². The van der Waals surface area contributed by atoms with Crippen LogP contribution in [0.15, 0.2) is 0 Å². The van der Waals surface area contributed by atoms with Crippen molar-refractivity contribution in [2.24, 2.45) is 5.73 Å². The molecule has 0 radical (unpaired) electrons. The predicted octanol–water partition coefficient (Wildman–Crippen LogP) is 2.69. The lowest BCUT2D eigenvalue weighted by atomic mass is 9.95. The van der Waals surface area contributed by atoms with Crippen LogP contribution in [0.2, 0.25) is 0 Å². The number of rotatable bonds is 5. The van der Waals surface area contributed by atoms with Gasteiger partial charge in [-0.05, 0) is 46.0 Å². The van der Waals surface area contributed by atoms with Crippen LogP contribution in [-0.2, 0) is 4.79 Å². The van der Waals surface area contributed by atoms with E-state index in [9.17, 15) is 4.79 Å². The molecule has 1 saturated heterocycles. The fourth-order valence-electron chi connectivity index (χ4n) is 2.53. The molecule has 1 aliphatic rings. The van der Waals surface area contributed by atoms with Gasteiger partial charge in [0, 0.05) is 24.5 Å². The summed E-state index contributed by atoms with van der Waals surface area (Å²) < 4.78 is 0. The predicted molar refractivity (Wildman–Crippen MR) is 71.8 cm³/mol. The Kier molecular flexibility index (Phi) is 5.44. The van der Waals surface area contributed by atoms with Crippen LogP contribution in [-0.4, -0.2) is 28.9 Å². The van der Waals surface area contributed by atoms with Crippen LogP contribution in [0.25, 0.3) is 0 Å². The third-order valence-corrected chi connectivity index (χ3v) is 3.55. The third kappa shape index (κ3) is 5.07. The SMILES string of the molecule is CCCC1CCCCN1C(=O)CCC(C)(C)N. The second-order valence-electron chi connectivity index (χ2n) is 6.01. The number of likely N-dealkylation sites (tertiary alicyclic amines) is 1. The number of piperidine rings is 1. The highest BCUT2D eigenvalue weighted by Crippen LogP contribution is 2.22. The second-order valence-corrected chi connectivity index (χ2v) is 6.01. The van der Waals surface area contributed by atoms with Crippen LogP contribution in [0.5, 0.6) is 0 Å². The molecule has 1 aliphatic heterocycles. The molecule has 0 saturated carbocycles. The molecule has 0 aromatic heterocycles. The van der Waals surface area contributed by atoms with E-state index in [0.717, 1.165) is 32.2 Å². The van der Waals surface area contributed by atoms with E-state index in [0.29, 0.717) is 18.4 Å². The highest BCUT2D eigenvalue weighted by Gasteiger charge is 2.26. The summed E-state index contributed by atoms with van der Waals surface area (Å²) in [5.74, 6) is 0.307. The Balaban J connectivity index is 2.47. The van der Waals surface area contributed by atoms with Crippen molar-refractivity contribution in [3.05, 3.63) is 0 Å². The van der Waals surface area contributed by atoms with Gasteiger partial charge in [0.05, 0.1) is 0 Å². The van der Waals surface area contributed by atoms with Crippen molar-refractivity contribution in [2.75, 3.05) is 6.54 Å². The summed E-state index contributed by atoms with van der Waals surface area (Å²) in [6.45, 7) is 7.12. The average Bonchev–Trinajstić information content (AvgIpc) is 2.26. The molecule has 0 spiro atoms. The monoisotopic (exact) mass is 240 g/mol. The fourth-order valence-corrected chi connectivity index (χ4v) is 2.53. The van der Waals surface area contributed by atoms with Crippen LogP contribution >= 0.6 is 0 Å². The van der Waals surface area contributed by atoms with Crippen molar-refractivity contribution in [3.63, 3.8) is 0 Å². The molecule has 0 aromatic carbocycles. The molecule has 1 amide bonds. The van der Waals surface area contributed by atoms with E-state index in [1.54, 1.807) is 0 Å². The summed E-state index contributed by atoms with van der Waals surface area (Å²) in [4.78, 5) is 14.3. The fraction of sp³-hybridized carbons (Fsp3) is 0.929. The van der Waals surface area contributed by atoms with Gasteiger partial charge < -0.3 is 10.6 Å². The maximum Gasteiger partial charge on any atom is 0.222 e. The minimum Gasteiger partial charge on any atom is -0.340 e. The molecule has 0 aliphatic carbocycles. The van der Waals surface area contributed by atoms with E-state index < -0.39 is 0 Å². The first-order chi connectivity index (χ1) is 7.94. The topological polar surface area (TPSA) is 46.3 Å². The lowest BCUT2D eigenvalue weighted by Crippen LogP contribution is -2.44. The number of amides is 1. The molecule has 2 N–H and O–H groups in total. The maximum absolute atomic E-state index is 12.2. The number of nitrogens with two attached hydrogens (primary N) is 1. The average molecular weight is 240 g/mol. The van der Waals surface area contributed by atoms with Gasteiger partial charge in [-0.25, -0.2) is 0 Å². The summed E-state index contributed by atoms with van der Waals surface area (Å²) in [6, 6.07) is 0.488. The van der Waals surface area contributed by atoms with Gasteiger partial charge in [-0.3, -0.25) is 4.79 Å². The normalized spacial score (nSPS) is 21.6. The Morgan fingerprint density at radius 3 is 2.71 bits per heavy atom. The molecule has 1 heterocycles. The molecular formula is C14H28N2O. The lowest BCUT2D eigenvalue weighted by molar-refractivity contribution is -0.135. The van der Waals surface area contributed by atoms with Gasteiger partial charge in [0.25, 0.3) is 0 Å². The van der Waals surface area contributed by atoms with Crippen molar-refractivity contribution in [1.29, 1.82) is 0 Å². The molecule has 1 atom stereocenters. The lowest BCUT2D eigenvalue weighted by Gasteiger charge is -2.36. The summed E-state index contributed by atoms with van der Waals surface area (Å²) in [5, 5.41) is 0. The van der Waals surface area contributed by atoms with Gasteiger partial charge in [0.15, 0.2) is 0 Å². The zero-order chi connectivity index (χ0) is 12.9. The molecule has 100 valence electrons. The summed E-state index contributed by atoms with van der Waals surface area (Å²) in [5.41, 5.74) is 5.71. The molecule has 3 nitrogen and oxygen atoms in total. The van der Waals surface area contributed by atoms with E-state index in [-0.39, 0.29) is 5.54 Å². The zero-order valence-electron chi connectivity index (χ0n) is 11.7. The van der Waals surface area contributed by atoms with E-state index >= 15 is 0 Å². The van der Waals surface area contributed by atoms with Crippen LogP contribution in [0.4, 0.5) is 0 Å². The highest BCUT2D eigenvalue weighted by molar-refractivity contribution is 5.76. The molecular weight excluding hydrogens is 212 g/mol. The number of carbonyl (C=O) groups is 1. The molecule has 0 bridgehead atoms. The molecule has 17 heavy (non-hydrogen) atoms. The quantitative estimate of drug-likeness (QED) is 0.803. The van der Waals surface area contributed by atoms with Gasteiger partial charge in [0.1, 0.15) is 0 Å². The Labute approximate surface area is 106 Å². The third-order valence-electron chi connectivity index (χ3n) is 3.55. The number of nitrogens with zero attached hydrogens (tertiary/aromatic N) is 1. The first-order valence-electron chi connectivity index (χ1n) is 7.02. The maximum atomic E-state index is 12.2. The number of hydrogen-bond acceptors (Lipinski definition) is 2. The highest BCUT2D eigenvalue weighted by atomic mass is 16.2. The minimum atomic E-state index is -0.230. The second kappa shape index (κ2) is 6.39. The smallest absolute Gasteiger partial charge is 0.222 e. The van der Waals surface area contributed by atoms with E-state index in [1.807, 2.05) is 13.8 Å². The van der Waals surface area contributed by atoms with Gasteiger partial charge in [-0.2, -0.15) is 0 Å². The van der Waals surface area contributed by atoms with Crippen LogP contribution in [0.1, 0.15) is 65.7 Å². The molecule has 0 aromatic rings. The summed E-state index contributed by atoms with van der Waals surface area (Å²) in [7, 11) is 0. The largest absolute Gasteiger partial charge is 0.340 e. The summed E-state index contributed by atoms with van der Waals surface area (Å²) >= 11 is 0. The van der Waals surface area contributed by atoms with Gasteiger partial charge in [-0.15, -0.1) is 0 Å². The molecule has 1 fully saturated rings.